The fourth-order valence-corrected chi connectivity index (χ4v) is 3.32. The van der Waals surface area contributed by atoms with Gasteiger partial charge in [-0.15, -0.1) is 24.0 Å². The van der Waals surface area contributed by atoms with Gasteiger partial charge in [0.05, 0.1) is 6.54 Å². The number of nitrogens with two attached hydrogens (primary N) is 1. The predicted molar refractivity (Wildman–Crippen MR) is 118 cm³/mol. The number of piperidine rings is 1. The van der Waals surface area contributed by atoms with E-state index in [1.54, 1.807) is 0 Å². The van der Waals surface area contributed by atoms with E-state index in [0.29, 0.717) is 24.4 Å². The number of carbonyl (C=O) groups excluding carboxylic acids is 1. The Bertz CT molecular complexity index is 412. The first-order chi connectivity index (χ1) is 11.9. The van der Waals surface area contributed by atoms with Crippen LogP contribution in [0.25, 0.3) is 0 Å². The molecule has 26 heavy (non-hydrogen) atoms. The maximum atomic E-state index is 11.0. The summed E-state index contributed by atoms with van der Waals surface area (Å²) >= 11 is 0. The highest BCUT2D eigenvalue weighted by molar-refractivity contribution is 14.0. The van der Waals surface area contributed by atoms with Crippen LogP contribution in [-0.4, -0.2) is 67.2 Å². The van der Waals surface area contributed by atoms with Crippen LogP contribution in [0.15, 0.2) is 4.99 Å². The largest absolute Gasteiger partial charge is 0.396 e. The zero-order chi connectivity index (χ0) is 18.7. The van der Waals surface area contributed by atoms with Gasteiger partial charge in [0, 0.05) is 38.8 Å². The zero-order valence-corrected chi connectivity index (χ0v) is 18.9. The Balaban J connectivity index is 0.00000625. The number of rotatable bonds is 10. The number of aliphatic hydroxyl groups excluding tert-OH is 1. The van der Waals surface area contributed by atoms with E-state index < -0.39 is 0 Å². The molecular weight excluding hydrogens is 445 g/mol. The quantitative estimate of drug-likeness (QED) is 0.212. The number of hydrogen-bond acceptors (Lipinski definition) is 4. The highest BCUT2D eigenvalue weighted by Crippen LogP contribution is 2.15. The number of amides is 1. The maximum absolute atomic E-state index is 11.0. The molecule has 1 unspecified atom stereocenters. The van der Waals surface area contributed by atoms with Crippen molar-refractivity contribution in [2.75, 3.05) is 39.3 Å². The minimum atomic E-state index is -0.263. The average molecular weight is 483 g/mol. The molecule has 154 valence electrons. The molecule has 0 radical (unpaired) electrons. The number of nitrogens with one attached hydrogen (secondary N) is 2. The molecule has 1 rings (SSSR count). The molecule has 5 N–H and O–H groups in total. The Hall–Kier alpha value is -0.610. The van der Waals surface area contributed by atoms with Crippen molar-refractivity contribution in [2.45, 2.75) is 52.5 Å². The highest BCUT2D eigenvalue weighted by Gasteiger charge is 2.21. The number of likely N-dealkylation sites (tertiary alicyclic amines) is 1. The molecule has 0 aromatic heterocycles. The van der Waals surface area contributed by atoms with Crippen molar-refractivity contribution in [2.24, 2.45) is 22.6 Å². The van der Waals surface area contributed by atoms with Crippen LogP contribution in [0.1, 0.15) is 46.5 Å². The van der Waals surface area contributed by atoms with Crippen LogP contribution in [0.5, 0.6) is 0 Å². The predicted octanol–water partition coefficient (Wildman–Crippen LogP) is 1.15. The van der Waals surface area contributed by atoms with E-state index in [1.807, 2.05) is 0 Å². The summed E-state index contributed by atoms with van der Waals surface area (Å²) in [5.74, 6) is 1.61. The van der Waals surface area contributed by atoms with E-state index >= 15 is 0 Å². The van der Waals surface area contributed by atoms with Gasteiger partial charge in [-0.25, -0.2) is 0 Å². The van der Waals surface area contributed by atoms with Crippen LogP contribution >= 0.6 is 24.0 Å². The minimum Gasteiger partial charge on any atom is -0.396 e. The number of aliphatic imine (C=N–C) groups is 1. The summed E-state index contributed by atoms with van der Waals surface area (Å²) in [6.45, 7) is 10.3. The smallest absolute Gasteiger partial charge is 0.231 e. The van der Waals surface area contributed by atoms with Crippen LogP contribution < -0.4 is 16.4 Å². The zero-order valence-electron chi connectivity index (χ0n) is 16.5. The molecule has 1 fully saturated rings. The summed E-state index contributed by atoms with van der Waals surface area (Å²) in [4.78, 5) is 17.9. The molecule has 1 aliphatic rings. The first kappa shape index (κ1) is 25.4. The number of nitrogens with zero attached hydrogens (tertiary/aromatic N) is 2. The summed E-state index contributed by atoms with van der Waals surface area (Å²) in [6.07, 6.45) is 3.83. The summed E-state index contributed by atoms with van der Waals surface area (Å²) in [6, 6.07) is 0.364. The first-order valence-corrected chi connectivity index (χ1v) is 9.60. The average Bonchev–Trinajstić information content (AvgIpc) is 2.53. The van der Waals surface area contributed by atoms with Gasteiger partial charge in [0.2, 0.25) is 5.91 Å². The Morgan fingerprint density at radius 1 is 1.35 bits per heavy atom. The third kappa shape index (κ3) is 11.2. The van der Waals surface area contributed by atoms with E-state index in [4.69, 9.17) is 10.7 Å². The van der Waals surface area contributed by atoms with Crippen LogP contribution in [0.3, 0.4) is 0 Å². The first-order valence-electron chi connectivity index (χ1n) is 9.60. The lowest BCUT2D eigenvalue weighted by Gasteiger charge is -2.32. The molecule has 0 saturated carbocycles. The maximum Gasteiger partial charge on any atom is 0.231 e. The number of guanidine groups is 1. The van der Waals surface area contributed by atoms with Gasteiger partial charge in [-0.05, 0) is 44.4 Å². The molecule has 8 heteroatoms. The molecule has 0 aromatic rings. The Kier molecular flexibility index (Phi) is 14.1. The van der Waals surface area contributed by atoms with Crippen molar-refractivity contribution in [1.82, 2.24) is 15.5 Å². The van der Waals surface area contributed by atoms with Gasteiger partial charge in [0.15, 0.2) is 5.96 Å². The summed E-state index contributed by atoms with van der Waals surface area (Å²) in [7, 11) is 0. The molecule has 1 heterocycles. The summed E-state index contributed by atoms with van der Waals surface area (Å²) < 4.78 is 0. The van der Waals surface area contributed by atoms with Gasteiger partial charge in [0.1, 0.15) is 0 Å². The lowest BCUT2D eigenvalue weighted by molar-refractivity contribution is -0.119. The lowest BCUT2D eigenvalue weighted by atomic mass is 9.94. The van der Waals surface area contributed by atoms with E-state index in [2.05, 4.69) is 36.3 Å². The van der Waals surface area contributed by atoms with Crippen LogP contribution in [0.4, 0.5) is 0 Å². The topological polar surface area (TPSA) is 103 Å². The molecule has 7 nitrogen and oxygen atoms in total. The molecular formula is C18H38IN5O2. The second-order valence-corrected chi connectivity index (χ2v) is 7.39. The van der Waals surface area contributed by atoms with Gasteiger partial charge in [0.25, 0.3) is 0 Å². The van der Waals surface area contributed by atoms with Crippen LogP contribution in [-0.2, 0) is 4.79 Å². The second-order valence-electron chi connectivity index (χ2n) is 7.39. The molecule has 0 spiro atoms. The molecule has 1 aliphatic heterocycles. The number of hydrogen-bond donors (Lipinski definition) is 4. The van der Waals surface area contributed by atoms with E-state index in [0.717, 1.165) is 57.8 Å². The third-order valence-corrected chi connectivity index (χ3v) is 4.50. The summed E-state index contributed by atoms with van der Waals surface area (Å²) in [5, 5.41) is 16.1. The number of aliphatic hydroxyl groups is 1. The lowest BCUT2D eigenvalue weighted by Crippen LogP contribution is -2.50. The number of carbonyl (C=O) groups is 1. The number of halogens is 1. The molecule has 1 saturated heterocycles. The van der Waals surface area contributed by atoms with Crippen molar-refractivity contribution < 1.29 is 9.90 Å². The van der Waals surface area contributed by atoms with E-state index in [-0.39, 0.29) is 36.5 Å². The van der Waals surface area contributed by atoms with Gasteiger partial charge in [-0.3, -0.25) is 14.7 Å². The Morgan fingerprint density at radius 2 is 2.00 bits per heavy atom. The fraction of sp³-hybridized carbons (Fsp3) is 0.889. The SMILES string of the molecule is CCNC(=NCC(CCO)CC(C)C)NC1CCN(CC(N)=O)CC1.I. The van der Waals surface area contributed by atoms with Crippen LogP contribution in [0, 0.1) is 11.8 Å². The Labute approximate surface area is 175 Å². The third-order valence-electron chi connectivity index (χ3n) is 4.50. The van der Waals surface area contributed by atoms with Crippen molar-refractivity contribution in [1.29, 1.82) is 0 Å². The van der Waals surface area contributed by atoms with E-state index in [9.17, 15) is 9.90 Å². The normalized spacial score (nSPS) is 17.7. The van der Waals surface area contributed by atoms with E-state index in [1.165, 1.54) is 0 Å². The standard InChI is InChI=1S/C18H37N5O2.HI/c1-4-20-18(21-12-15(7-10-24)11-14(2)3)22-16-5-8-23(9-6-16)13-17(19)25;/h14-16,24H,4-13H2,1-3H3,(H2,19,25)(H2,20,21,22);1H. The Morgan fingerprint density at radius 3 is 2.50 bits per heavy atom. The minimum absolute atomic E-state index is 0. The van der Waals surface area contributed by atoms with Crippen molar-refractivity contribution in [3.63, 3.8) is 0 Å². The second kappa shape index (κ2) is 14.4. The highest BCUT2D eigenvalue weighted by atomic mass is 127. The molecule has 0 aliphatic carbocycles. The molecule has 1 amide bonds. The van der Waals surface area contributed by atoms with Crippen LogP contribution in [0.2, 0.25) is 0 Å². The van der Waals surface area contributed by atoms with Crippen molar-refractivity contribution >= 4 is 35.8 Å². The van der Waals surface area contributed by atoms with Gasteiger partial charge >= 0.3 is 0 Å². The van der Waals surface area contributed by atoms with Crippen molar-refractivity contribution in [3.05, 3.63) is 0 Å². The molecule has 1 atom stereocenters. The fourth-order valence-electron chi connectivity index (χ4n) is 3.32. The molecule has 0 aromatic carbocycles. The van der Waals surface area contributed by atoms with Gasteiger partial charge in [-0.2, -0.15) is 0 Å². The number of primary amides is 1. The summed E-state index contributed by atoms with van der Waals surface area (Å²) in [5.41, 5.74) is 5.26. The van der Waals surface area contributed by atoms with Gasteiger partial charge < -0.3 is 21.5 Å². The van der Waals surface area contributed by atoms with Crippen molar-refractivity contribution in [3.8, 4) is 0 Å². The molecule has 0 bridgehead atoms. The van der Waals surface area contributed by atoms with Gasteiger partial charge in [-0.1, -0.05) is 13.8 Å². The monoisotopic (exact) mass is 483 g/mol.